The molecule has 0 heterocycles. The van der Waals surface area contributed by atoms with Crippen molar-refractivity contribution in [2.24, 2.45) is 17.8 Å². The third kappa shape index (κ3) is 13.7. The van der Waals surface area contributed by atoms with Crippen LogP contribution in [0.4, 0.5) is 0 Å². The lowest BCUT2D eigenvalue weighted by Crippen LogP contribution is -2.45. The molecule has 1 fully saturated rings. The van der Waals surface area contributed by atoms with Crippen molar-refractivity contribution >= 4 is 31.4 Å². The standard InChI is InChI=1S/C20H32BO2S.C8H18.C7H14/c1-13(2)17(22)18(4,5)16-11-10-15(12-14(16)3)21-23-19(6,7)20(8,9)24;1-3-5-7-8-6-4-2;1-3-7-4-6(2)5-7/h10-13,24H,1-9H3;3-8H2,1-2H3;6-7H,3-5H2,1-2H3. The van der Waals surface area contributed by atoms with Gasteiger partial charge in [0.25, 0.3) is 0 Å². The van der Waals surface area contributed by atoms with E-state index in [2.05, 4.69) is 53.3 Å². The first-order valence-electron chi connectivity index (χ1n) is 15.8. The molecule has 0 aromatic heterocycles. The molecule has 1 aliphatic rings. The molecule has 0 bridgehead atoms. The van der Waals surface area contributed by atoms with E-state index in [-0.39, 0.29) is 16.4 Å². The summed E-state index contributed by atoms with van der Waals surface area (Å²) in [5, 5.41) is 0. The number of Topliss-reactive ketones (excluding diaryl/α,β-unsaturated/α-hetero) is 1. The molecular weight excluding hydrogens is 495 g/mol. The third-order valence-corrected chi connectivity index (χ3v) is 9.07. The first-order valence-corrected chi connectivity index (χ1v) is 16.3. The molecule has 0 saturated heterocycles. The van der Waals surface area contributed by atoms with Crippen molar-refractivity contribution in [3.05, 3.63) is 29.3 Å². The molecule has 0 aliphatic heterocycles. The van der Waals surface area contributed by atoms with E-state index >= 15 is 0 Å². The highest BCUT2D eigenvalue weighted by molar-refractivity contribution is 7.81. The van der Waals surface area contributed by atoms with Crippen molar-refractivity contribution in [2.75, 3.05) is 0 Å². The Labute approximate surface area is 250 Å². The van der Waals surface area contributed by atoms with Gasteiger partial charge in [0.05, 0.1) is 5.60 Å². The molecule has 1 radical (unpaired) electrons. The third-order valence-electron chi connectivity index (χ3n) is 8.53. The molecule has 0 spiro atoms. The van der Waals surface area contributed by atoms with E-state index in [0.717, 1.165) is 28.4 Å². The van der Waals surface area contributed by atoms with Crippen LogP contribution in [0.3, 0.4) is 0 Å². The number of unbranched alkanes of at least 4 members (excludes halogenated alkanes) is 5. The molecule has 39 heavy (non-hydrogen) atoms. The second kappa shape index (κ2) is 17.9. The number of carbonyl (C=O) groups excluding carboxylic acids is 1. The second-order valence-electron chi connectivity index (χ2n) is 13.8. The molecule has 1 aromatic carbocycles. The monoisotopic (exact) mass is 559 g/mol. The van der Waals surface area contributed by atoms with Crippen LogP contribution < -0.4 is 5.46 Å². The fraction of sp³-hybridized carbons (Fsp3) is 0.800. The minimum atomic E-state index is -0.482. The maximum Gasteiger partial charge on any atom is 0.330 e. The number of thiol groups is 1. The van der Waals surface area contributed by atoms with Gasteiger partial charge in [-0.15, -0.1) is 0 Å². The van der Waals surface area contributed by atoms with Gasteiger partial charge in [0, 0.05) is 16.1 Å². The van der Waals surface area contributed by atoms with Crippen LogP contribution in [0.2, 0.25) is 0 Å². The number of ketones is 1. The Kier molecular flexibility index (Phi) is 17.6. The van der Waals surface area contributed by atoms with Crippen molar-refractivity contribution < 1.29 is 9.45 Å². The lowest BCUT2D eigenvalue weighted by atomic mass is 9.73. The molecule has 4 heteroatoms. The van der Waals surface area contributed by atoms with Crippen LogP contribution in [0, 0.1) is 24.7 Å². The van der Waals surface area contributed by atoms with E-state index in [1.807, 2.05) is 67.5 Å². The van der Waals surface area contributed by atoms with Gasteiger partial charge in [-0.3, -0.25) is 4.79 Å². The van der Waals surface area contributed by atoms with Crippen molar-refractivity contribution in [3.63, 3.8) is 0 Å². The van der Waals surface area contributed by atoms with Gasteiger partial charge in [0.1, 0.15) is 5.78 Å². The molecule has 2 nitrogen and oxygen atoms in total. The first kappa shape index (κ1) is 38.3. The molecule has 0 atom stereocenters. The molecular formula is C35H64BO2S. The van der Waals surface area contributed by atoms with E-state index < -0.39 is 11.0 Å². The average Bonchev–Trinajstić information content (AvgIpc) is 2.83. The lowest BCUT2D eigenvalue weighted by molar-refractivity contribution is -0.126. The first-order chi connectivity index (χ1) is 17.9. The van der Waals surface area contributed by atoms with Crippen molar-refractivity contribution in [1.82, 2.24) is 0 Å². The van der Waals surface area contributed by atoms with Crippen LogP contribution >= 0.6 is 12.6 Å². The SMILES string of the molecule is CCC1CC(C)C1.CCCCCCCC.Cc1cc([B]OC(C)(C)C(C)(C)S)ccc1C(C)(C)C(=O)C(C)C. The maximum atomic E-state index is 12.5. The highest BCUT2D eigenvalue weighted by atomic mass is 32.1. The summed E-state index contributed by atoms with van der Waals surface area (Å²) in [7, 11) is 1.78. The van der Waals surface area contributed by atoms with Gasteiger partial charge in [-0.2, -0.15) is 12.6 Å². The Morgan fingerprint density at radius 3 is 1.82 bits per heavy atom. The van der Waals surface area contributed by atoms with E-state index in [9.17, 15) is 4.79 Å². The quantitative estimate of drug-likeness (QED) is 0.148. The maximum absolute atomic E-state index is 12.5. The highest BCUT2D eigenvalue weighted by Crippen LogP contribution is 2.35. The zero-order valence-electron chi connectivity index (χ0n) is 28.2. The van der Waals surface area contributed by atoms with Crippen LogP contribution in [0.15, 0.2) is 18.2 Å². The summed E-state index contributed by atoms with van der Waals surface area (Å²) in [6.07, 6.45) is 12.9. The fourth-order valence-corrected chi connectivity index (χ4v) is 4.98. The molecule has 225 valence electrons. The van der Waals surface area contributed by atoms with Crippen LogP contribution in [0.5, 0.6) is 0 Å². The molecule has 1 aliphatic carbocycles. The Bertz CT molecular complexity index is 810. The minimum Gasteiger partial charge on any atom is -0.428 e. The Balaban J connectivity index is 0.000000777. The van der Waals surface area contributed by atoms with Gasteiger partial charge >= 0.3 is 7.48 Å². The smallest absolute Gasteiger partial charge is 0.330 e. The summed E-state index contributed by atoms with van der Waals surface area (Å²) in [4.78, 5) is 12.5. The predicted molar refractivity (Wildman–Crippen MR) is 179 cm³/mol. The molecule has 2 rings (SSSR count). The Morgan fingerprint density at radius 1 is 0.974 bits per heavy atom. The van der Waals surface area contributed by atoms with E-state index in [4.69, 9.17) is 4.65 Å². The Hall–Kier alpha value is -0.735. The van der Waals surface area contributed by atoms with Crippen molar-refractivity contribution in [2.45, 2.75) is 164 Å². The summed E-state index contributed by atoms with van der Waals surface area (Å²) in [5.41, 5.74) is 2.30. The number of aryl methyl sites for hydroxylation is 1. The zero-order valence-corrected chi connectivity index (χ0v) is 29.1. The topological polar surface area (TPSA) is 26.3 Å². The van der Waals surface area contributed by atoms with Gasteiger partial charge in [0.2, 0.25) is 0 Å². The Morgan fingerprint density at radius 2 is 1.49 bits per heavy atom. The predicted octanol–water partition coefficient (Wildman–Crippen LogP) is 10.1. The summed E-state index contributed by atoms with van der Waals surface area (Å²) >= 11 is 4.62. The van der Waals surface area contributed by atoms with E-state index in [1.54, 1.807) is 7.48 Å². The van der Waals surface area contributed by atoms with Crippen LogP contribution in [-0.4, -0.2) is 23.6 Å². The molecule has 0 N–H and O–H groups in total. The van der Waals surface area contributed by atoms with Gasteiger partial charge in [-0.1, -0.05) is 110 Å². The summed E-state index contributed by atoms with van der Waals surface area (Å²) in [5.74, 6) is 2.42. The zero-order chi connectivity index (χ0) is 30.4. The van der Waals surface area contributed by atoms with E-state index in [1.165, 1.54) is 57.8 Å². The van der Waals surface area contributed by atoms with Crippen LogP contribution in [-0.2, 0) is 14.9 Å². The van der Waals surface area contributed by atoms with Crippen LogP contribution in [0.1, 0.15) is 152 Å². The van der Waals surface area contributed by atoms with Crippen molar-refractivity contribution in [1.29, 1.82) is 0 Å². The number of hydrogen-bond acceptors (Lipinski definition) is 3. The highest BCUT2D eigenvalue weighted by Gasteiger charge is 2.35. The minimum absolute atomic E-state index is 0.0207. The van der Waals surface area contributed by atoms with Gasteiger partial charge in [-0.05, 0) is 84.3 Å². The largest absolute Gasteiger partial charge is 0.428 e. The lowest BCUT2D eigenvalue weighted by Gasteiger charge is -2.38. The summed E-state index contributed by atoms with van der Waals surface area (Å²) in [6, 6.07) is 6.13. The number of benzene rings is 1. The molecule has 1 saturated carbocycles. The fourth-order valence-electron chi connectivity index (χ4n) is 4.93. The summed E-state index contributed by atoms with van der Waals surface area (Å²) in [6.45, 7) is 27.2. The number of rotatable bonds is 13. The van der Waals surface area contributed by atoms with Gasteiger partial charge < -0.3 is 4.65 Å². The molecule has 0 amide bonds. The molecule has 1 aromatic rings. The average molecular weight is 560 g/mol. The van der Waals surface area contributed by atoms with Crippen molar-refractivity contribution in [3.8, 4) is 0 Å². The normalized spacial score (nSPS) is 17.4. The van der Waals surface area contributed by atoms with Crippen LogP contribution in [0.25, 0.3) is 0 Å². The summed E-state index contributed by atoms with van der Waals surface area (Å²) < 4.78 is 5.72. The van der Waals surface area contributed by atoms with Gasteiger partial charge in [0.15, 0.2) is 0 Å². The van der Waals surface area contributed by atoms with E-state index in [0.29, 0.717) is 0 Å². The number of carbonyl (C=O) groups is 1. The number of hydrogen-bond donors (Lipinski definition) is 1. The molecule has 0 unspecified atom stereocenters. The second-order valence-corrected chi connectivity index (χ2v) is 14.9. The van der Waals surface area contributed by atoms with Gasteiger partial charge in [-0.25, -0.2) is 0 Å².